The lowest BCUT2D eigenvalue weighted by molar-refractivity contribution is -0.402. The Hall–Kier alpha value is -3.17. The minimum absolute atomic E-state index is 0.0393. The van der Waals surface area contributed by atoms with E-state index in [-0.39, 0.29) is 23.9 Å². The minimum Gasteiger partial charge on any atom is -0.493 e. The summed E-state index contributed by atoms with van der Waals surface area (Å²) in [5.74, 6) is -1.94. The van der Waals surface area contributed by atoms with E-state index in [1.807, 2.05) is 0 Å². The molecule has 0 fully saturated rings. The second kappa shape index (κ2) is 7.40. The normalized spacial score (nSPS) is 10.5. The minimum atomic E-state index is -3.00. The molecule has 1 aromatic heterocycles. The van der Waals surface area contributed by atoms with Crippen molar-refractivity contribution in [2.45, 2.75) is 13.2 Å². The van der Waals surface area contributed by atoms with Crippen LogP contribution < -0.4 is 9.47 Å². The molecule has 0 aliphatic heterocycles. The van der Waals surface area contributed by atoms with Crippen LogP contribution in [0.25, 0.3) is 0 Å². The van der Waals surface area contributed by atoms with Crippen molar-refractivity contribution in [1.82, 2.24) is 0 Å². The number of benzene rings is 1. The molecule has 2 rings (SSSR count). The SMILES string of the molecule is COc1cc(COC(=O)c2ccc([N+](=O)[O-])o2)ccc1OC(F)F. The van der Waals surface area contributed by atoms with Crippen molar-refractivity contribution in [3.63, 3.8) is 0 Å². The van der Waals surface area contributed by atoms with Crippen LogP contribution in [0.3, 0.4) is 0 Å². The van der Waals surface area contributed by atoms with E-state index in [4.69, 9.17) is 13.9 Å². The van der Waals surface area contributed by atoms with Gasteiger partial charge in [0.15, 0.2) is 11.5 Å². The highest BCUT2D eigenvalue weighted by molar-refractivity contribution is 5.86. The van der Waals surface area contributed by atoms with E-state index in [1.54, 1.807) is 0 Å². The highest BCUT2D eigenvalue weighted by Crippen LogP contribution is 2.29. The van der Waals surface area contributed by atoms with Gasteiger partial charge in [-0.25, -0.2) is 4.79 Å². The molecule has 0 aliphatic carbocycles. The van der Waals surface area contributed by atoms with Gasteiger partial charge in [0.1, 0.15) is 11.5 Å². The van der Waals surface area contributed by atoms with Crippen molar-refractivity contribution in [2.24, 2.45) is 0 Å². The lowest BCUT2D eigenvalue weighted by Crippen LogP contribution is -2.06. The molecule has 0 bridgehead atoms. The van der Waals surface area contributed by atoms with E-state index in [1.165, 1.54) is 25.3 Å². The van der Waals surface area contributed by atoms with Crippen LogP contribution in [-0.4, -0.2) is 24.6 Å². The maximum atomic E-state index is 12.2. The van der Waals surface area contributed by atoms with Gasteiger partial charge in [-0.15, -0.1) is 0 Å². The first-order chi connectivity index (χ1) is 11.4. The molecule has 1 heterocycles. The molecule has 0 radical (unpaired) electrons. The second-order valence-electron chi connectivity index (χ2n) is 4.33. The highest BCUT2D eigenvalue weighted by atomic mass is 19.3. The van der Waals surface area contributed by atoms with Crippen LogP contribution in [-0.2, 0) is 11.3 Å². The fourth-order valence-electron chi connectivity index (χ4n) is 1.75. The molecule has 24 heavy (non-hydrogen) atoms. The van der Waals surface area contributed by atoms with Crippen LogP contribution in [0.1, 0.15) is 16.1 Å². The number of nitro groups is 1. The summed E-state index contributed by atoms with van der Waals surface area (Å²) in [7, 11) is 1.27. The Kier molecular flexibility index (Phi) is 5.30. The molecule has 10 heteroatoms. The predicted molar refractivity (Wildman–Crippen MR) is 74.1 cm³/mol. The number of halogens is 2. The molecule has 0 N–H and O–H groups in total. The highest BCUT2D eigenvalue weighted by Gasteiger charge is 2.19. The molecule has 0 atom stereocenters. The van der Waals surface area contributed by atoms with E-state index in [0.29, 0.717) is 5.56 Å². The molecule has 0 unspecified atom stereocenters. The molecule has 2 aromatic rings. The third kappa shape index (κ3) is 4.18. The zero-order chi connectivity index (χ0) is 17.7. The maximum Gasteiger partial charge on any atom is 0.433 e. The Morgan fingerprint density at radius 2 is 2.04 bits per heavy atom. The number of methoxy groups -OCH3 is 1. The van der Waals surface area contributed by atoms with E-state index in [2.05, 4.69) is 4.74 Å². The molecule has 0 saturated carbocycles. The van der Waals surface area contributed by atoms with E-state index in [9.17, 15) is 23.7 Å². The quantitative estimate of drug-likeness (QED) is 0.432. The van der Waals surface area contributed by atoms with Crippen LogP contribution in [0.4, 0.5) is 14.7 Å². The molecule has 0 spiro atoms. The van der Waals surface area contributed by atoms with Crippen LogP contribution in [0.5, 0.6) is 11.5 Å². The van der Waals surface area contributed by atoms with Gasteiger partial charge in [0.2, 0.25) is 5.76 Å². The number of nitrogens with zero attached hydrogens (tertiary/aromatic N) is 1. The number of ether oxygens (including phenoxy) is 3. The first-order valence-corrected chi connectivity index (χ1v) is 6.43. The van der Waals surface area contributed by atoms with Crippen LogP contribution >= 0.6 is 0 Å². The molecular weight excluding hydrogens is 332 g/mol. The van der Waals surface area contributed by atoms with Crippen molar-refractivity contribution in [2.75, 3.05) is 7.11 Å². The lowest BCUT2D eigenvalue weighted by Gasteiger charge is -2.11. The molecule has 0 amide bonds. The van der Waals surface area contributed by atoms with Crippen LogP contribution in [0, 0.1) is 10.1 Å². The number of hydrogen-bond acceptors (Lipinski definition) is 7. The van der Waals surface area contributed by atoms with Crippen LogP contribution in [0.15, 0.2) is 34.7 Å². The largest absolute Gasteiger partial charge is 0.493 e. The second-order valence-corrected chi connectivity index (χ2v) is 4.33. The average Bonchev–Trinajstić information content (AvgIpc) is 3.03. The number of hydrogen-bond donors (Lipinski definition) is 0. The molecule has 0 saturated heterocycles. The Bertz CT molecular complexity index is 744. The first kappa shape index (κ1) is 17.2. The summed E-state index contributed by atoms with van der Waals surface area (Å²) in [5.41, 5.74) is 0.433. The summed E-state index contributed by atoms with van der Waals surface area (Å²) >= 11 is 0. The zero-order valence-corrected chi connectivity index (χ0v) is 12.2. The molecule has 128 valence electrons. The van der Waals surface area contributed by atoms with Crippen molar-refractivity contribution in [3.8, 4) is 11.5 Å². The van der Waals surface area contributed by atoms with Gasteiger partial charge < -0.3 is 18.6 Å². The number of carbonyl (C=O) groups excluding carboxylic acids is 1. The smallest absolute Gasteiger partial charge is 0.433 e. The van der Waals surface area contributed by atoms with Gasteiger partial charge >= 0.3 is 18.5 Å². The molecular formula is C14H11F2NO7. The zero-order valence-electron chi connectivity index (χ0n) is 12.2. The summed E-state index contributed by atoms with van der Waals surface area (Å²) in [6.45, 7) is -3.23. The number of furan rings is 1. The summed E-state index contributed by atoms with van der Waals surface area (Å²) in [6.07, 6.45) is 0. The van der Waals surface area contributed by atoms with Crippen molar-refractivity contribution >= 4 is 11.9 Å². The van der Waals surface area contributed by atoms with Gasteiger partial charge in [0.05, 0.1) is 13.2 Å². The van der Waals surface area contributed by atoms with Crippen molar-refractivity contribution in [3.05, 3.63) is 51.8 Å². The predicted octanol–water partition coefficient (Wildman–Crippen LogP) is 3.15. The summed E-state index contributed by atoms with van der Waals surface area (Å²) < 4.78 is 43.3. The first-order valence-electron chi connectivity index (χ1n) is 6.43. The number of alkyl halides is 2. The van der Waals surface area contributed by atoms with Crippen molar-refractivity contribution < 1.29 is 37.1 Å². The van der Waals surface area contributed by atoms with Gasteiger partial charge in [0.25, 0.3) is 0 Å². The fourth-order valence-corrected chi connectivity index (χ4v) is 1.75. The van der Waals surface area contributed by atoms with Crippen molar-refractivity contribution in [1.29, 1.82) is 0 Å². The number of esters is 1. The Morgan fingerprint density at radius 3 is 2.62 bits per heavy atom. The maximum absolute atomic E-state index is 12.2. The molecule has 1 aromatic carbocycles. The Labute approximate surface area is 133 Å². The summed E-state index contributed by atoms with van der Waals surface area (Å²) in [4.78, 5) is 21.4. The molecule has 0 aliphatic rings. The third-order valence-electron chi connectivity index (χ3n) is 2.79. The van der Waals surface area contributed by atoms with Gasteiger partial charge in [-0.1, -0.05) is 6.07 Å². The molecule has 8 nitrogen and oxygen atoms in total. The Morgan fingerprint density at radius 1 is 1.29 bits per heavy atom. The standard InChI is InChI=1S/C14H11F2NO7/c1-21-11-6-8(2-3-9(11)24-14(15)16)7-22-13(18)10-4-5-12(23-10)17(19)20/h2-6,14H,7H2,1H3. The lowest BCUT2D eigenvalue weighted by atomic mass is 10.2. The average molecular weight is 343 g/mol. The Balaban J connectivity index is 2.02. The van der Waals surface area contributed by atoms with Gasteiger partial charge in [-0.05, 0) is 23.8 Å². The van der Waals surface area contributed by atoms with Crippen LogP contribution in [0.2, 0.25) is 0 Å². The summed E-state index contributed by atoms with van der Waals surface area (Å²) in [5, 5.41) is 10.5. The van der Waals surface area contributed by atoms with E-state index >= 15 is 0 Å². The topological polar surface area (TPSA) is 101 Å². The number of rotatable bonds is 7. The van der Waals surface area contributed by atoms with E-state index < -0.39 is 23.4 Å². The summed E-state index contributed by atoms with van der Waals surface area (Å²) in [6, 6.07) is 6.14. The number of carbonyl (C=O) groups is 1. The van der Waals surface area contributed by atoms with Gasteiger partial charge in [-0.3, -0.25) is 10.1 Å². The third-order valence-corrected chi connectivity index (χ3v) is 2.79. The van der Waals surface area contributed by atoms with Gasteiger partial charge in [-0.2, -0.15) is 8.78 Å². The fraction of sp³-hybridized carbons (Fsp3) is 0.214. The van der Waals surface area contributed by atoms with E-state index in [0.717, 1.165) is 12.1 Å². The van der Waals surface area contributed by atoms with Gasteiger partial charge in [0, 0.05) is 0 Å². The monoisotopic (exact) mass is 343 g/mol.